The molecule has 4 saturated carbocycles. The highest BCUT2D eigenvalue weighted by Gasteiger charge is 2.73. The Labute approximate surface area is 309 Å². The Balaban J connectivity index is 1.06. The van der Waals surface area contributed by atoms with Gasteiger partial charge < -0.3 is 18.9 Å². The highest BCUT2D eigenvalue weighted by molar-refractivity contribution is 5.90. The number of esters is 2. The monoisotopic (exact) mass is 730 g/mol. The number of carbonyl (C=O) groups excluding carboxylic acids is 2. The fraction of sp³-hybridized carbons (Fsp3) is 0.659. The summed E-state index contributed by atoms with van der Waals surface area (Å²) in [7, 11) is 0. The number of nitro benzene ring substituents is 2. The number of ether oxygens (including phenoxy) is 4. The van der Waals surface area contributed by atoms with E-state index in [2.05, 4.69) is 34.6 Å². The van der Waals surface area contributed by atoms with E-state index in [0.717, 1.165) is 44.9 Å². The second-order valence-corrected chi connectivity index (χ2v) is 17.9. The Morgan fingerprint density at radius 2 is 1.36 bits per heavy atom. The summed E-state index contributed by atoms with van der Waals surface area (Å²) in [4.78, 5) is 48.5. The molecule has 0 unspecified atom stereocenters. The second-order valence-electron chi connectivity index (χ2n) is 17.9. The van der Waals surface area contributed by atoms with Crippen LogP contribution in [0.15, 0.2) is 48.5 Å². The van der Waals surface area contributed by atoms with Crippen molar-refractivity contribution in [3.05, 3.63) is 79.9 Å². The van der Waals surface area contributed by atoms with Crippen molar-refractivity contribution in [2.45, 2.75) is 122 Å². The lowest BCUT2D eigenvalue weighted by Crippen LogP contribution is -2.60. The van der Waals surface area contributed by atoms with Crippen LogP contribution < -0.4 is 0 Å². The van der Waals surface area contributed by atoms with E-state index in [4.69, 9.17) is 18.9 Å². The Kier molecular flexibility index (Phi) is 8.57. The number of hydrogen-bond donors (Lipinski definition) is 0. The first-order chi connectivity index (χ1) is 25.0. The molecule has 8 rings (SSSR count). The normalized spacial score (nSPS) is 40.7. The third kappa shape index (κ3) is 5.77. The van der Waals surface area contributed by atoms with Crippen LogP contribution >= 0.6 is 0 Å². The smallest absolute Gasteiger partial charge is 0.338 e. The fourth-order valence-corrected chi connectivity index (χ4v) is 12.4. The number of benzene rings is 2. The number of rotatable bonds is 6. The molecule has 12 atom stereocenters. The average molecular weight is 731 g/mol. The van der Waals surface area contributed by atoms with Crippen LogP contribution in [0.3, 0.4) is 0 Å². The second kappa shape index (κ2) is 12.6. The van der Waals surface area contributed by atoms with Gasteiger partial charge in [-0.25, -0.2) is 9.59 Å². The number of carbonyl (C=O) groups is 2. The first kappa shape index (κ1) is 36.1. The van der Waals surface area contributed by atoms with Crippen LogP contribution in [0.2, 0.25) is 0 Å². The van der Waals surface area contributed by atoms with E-state index in [1.54, 1.807) is 0 Å². The standard InChI is InChI=1S/C41H50N2O10/c1-23-35-33(52-41(23)19-18-38(2,3)53-41)21-32-30-15-10-26-20-29(50-36(44)24-6-11-27(12-7-24)42(46)47)16-17-39(26,4)31(30)22-34(40(32,35)5)51-37(45)25-8-13-28(14-9-25)43(48)49/h6-9,11-14,23,26,29-35H,10,15-22H2,1-5H3/t23-,26-,29-,30+,31-,32+,33-,34+,35-,39-,40+,41-/m0/s1. The highest BCUT2D eigenvalue weighted by Crippen LogP contribution is 2.72. The van der Waals surface area contributed by atoms with E-state index in [0.29, 0.717) is 35.8 Å². The van der Waals surface area contributed by atoms with Crippen LogP contribution in [0.4, 0.5) is 11.4 Å². The Hall–Kier alpha value is -3.90. The maximum absolute atomic E-state index is 13.9. The minimum atomic E-state index is -0.648. The molecule has 2 saturated heterocycles. The van der Waals surface area contributed by atoms with Gasteiger partial charge in [0, 0.05) is 47.9 Å². The zero-order valence-electron chi connectivity index (χ0n) is 31.2. The van der Waals surface area contributed by atoms with Crippen molar-refractivity contribution in [1.29, 1.82) is 0 Å². The highest BCUT2D eigenvalue weighted by atomic mass is 16.7. The van der Waals surface area contributed by atoms with Crippen molar-refractivity contribution < 1.29 is 38.4 Å². The van der Waals surface area contributed by atoms with Crippen LogP contribution in [0.1, 0.15) is 113 Å². The van der Waals surface area contributed by atoms with Crippen LogP contribution in [0.5, 0.6) is 0 Å². The van der Waals surface area contributed by atoms with Crippen molar-refractivity contribution in [3.63, 3.8) is 0 Å². The maximum Gasteiger partial charge on any atom is 0.338 e. The number of fused-ring (bicyclic) bond motifs is 7. The Morgan fingerprint density at radius 1 is 0.755 bits per heavy atom. The average Bonchev–Trinajstić information content (AvgIpc) is 3.71. The topological polar surface area (TPSA) is 157 Å². The van der Waals surface area contributed by atoms with Gasteiger partial charge >= 0.3 is 11.9 Å². The molecule has 6 aliphatic rings. The summed E-state index contributed by atoms with van der Waals surface area (Å²) in [6, 6.07) is 11.2. The molecule has 0 radical (unpaired) electrons. The van der Waals surface area contributed by atoms with Crippen LogP contribution in [-0.4, -0.2) is 51.5 Å². The van der Waals surface area contributed by atoms with E-state index in [9.17, 15) is 29.8 Å². The van der Waals surface area contributed by atoms with Crippen molar-refractivity contribution in [2.75, 3.05) is 0 Å². The van der Waals surface area contributed by atoms with Crippen molar-refractivity contribution >= 4 is 23.3 Å². The molecule has 1 spiro atoms. The molecule has 53 heavy (non-hydrogen) atoms. The third-order valence-electron chi connectivity index (χ3n) is 15.0. The molecule has 4 aliphatic carbocycles. The molecule has 284 valence electrons. The molecular weight excluding hydrogens is 680 g/mol. The number of nitro groups is 2. The number of nitrogens with zero attached hydrogens (tertiary/aromatic N) is 2. The van der Waals surface area contributed by atoms with Gasteiger partial charge in [0.1, 0.15) is 12.2 Å². The van der Waals surface area contributed by atoms with E-state index >= 15 is 0 Å². The van der Waals surface area contributed by atoms with Crippen LogP contribution in [-0.2, 0) is 18.9 Å². The van der Waals surface area contributed by atoms with Gasteiger partial charge in [0.15, 0.2) is 5.79 Å². The quantitative estimate of drug-likeness (QED) is 0.160. The predicted octanol–water partition coefficient (Wildman–Crippen LogP) is 8.45. The number of non-ortho nitro benzene ring substituents is 2. The van der Waals surface area contributed by atoms with E-state index in [1.807, 2.05) is 0 Å². The SMILES string of the molecule is C[C@H]1[C@H]2[C@H](C[C@@H]3[C@@H]4CC[C@H]5C[C@@H](OC(=O)c6ccc([N+](=O)[O-])cc6)CC[C@]5(C)[C@H]4C[C@@H](OC(=O)c4ccc([N+](=O)[O-])cc4)[C@]23C)O[C@]12CCC(C)(C)O2. The molecule has 0 N–H and O–H groups in total. The summed E-state index contributed by atoms with van der Waals surface area (Å²) < 4.78 is 26.4. The Bertz CT molecular complexity index is 1810. The predicted molar refractivity (Wildman–Crippen MR) is 192 cm³/mol. The summed E-state index contributed by atoms with van der Waals surface area (Å²) in [6.07, 6.45) is 7.11. The molecular formula is C41H50N2O10. The fourth-order valence-electron chi connectivity index (χ4n) is 12.4. The lowest BCUT2D eigenvalue weighted by Gasteiger charge is -2.62. The molecule has 2 aromatic rings. The minimum Gasteiger partial charge on any atom is -0.459 e. The van der Waals surface area contributed by atoms with E-state index in [-0.39, 0.29) is 63.7 Å². The molecule has 0 amide bonds. The van der Waals surface area contributed by atoms with Gasteiger partial charge in [0.05, 0.1) is 32.7 Å². The summed E-state index contributed by atoms with van der Waals surface area (Å²) in [5, 5.41) is 22.4. The molecule has 12 heteroatoms. The molecule has 0 aromatic heterocycles. The van der Waals surface area contributed by atoms with Gasteiger partial charge in [-0.15, -0.1) is 0 Å². The van der Waals surface area contributed by atoms with Gasteiger partial charge in [-0.3, -0.25) is 20.2 Å². The Morgan fingerprint density at radius 3 is 1.92 bits per heavy atom. The molecule has 2 aromatic carbocycles. The van der Waals surface area contributed by atoms with Gasteiger partial charge in [-0.2, -0.15) is 0 Å². The molecule has 0 bridgehead atoms. The van der Waals surface area contributed by atoms with Gasteiger partial charge in [-0.05, 0) is 119 Å². The summed E-state index contributed by atoms with van der Waals surface area (Å²) in [5.41, 5.74) is -0.241. The molecule has 2 aliphatic heterocycles. The van der Waals surface area contributed by atoms with Gasteiger partial charge in [-0.1, -0.05) is 20.8 Å². The summed E-state index contributed by atoms with van der Waals surface area (Å²) in [5.74, 6) is -0.0422. The molecule has 6 fully saturated rings. The van der Waals surface area contributed by atoms with Gasteiger partial charge in [0.25, 0.3) is 11.4 Å². The summed E-state index contributed by atoms with van der Waals surface area (Å²) in [6.45, 7) is 11.2. The first-order valence-electron chi connectivity index (χ1n) is 19.3. The number of hydrogen-bond acceptors (Lipinski definition) is 10. The van der Waals surface area contributed by atoms with Crippen LogP contribution in [0.25, 0.3) is 0 Å². The lowest BCUT2D eigenvalue weighted by atomic mass is 9.43. The largest absolute Gasteiger partial charge is 0.459 e. The van der Waals surface area contributed by atoms with Gasteiger partial charge in [0.2, 0.25) is 0 Å². The van der Waals surface area contributed by atoms with E-state index in [1.165, 1.54) is 48.5 Å². The molecule has 12 nitrogen and oxygen atoms in total. The zero-order chi connectivity index (χ0) is 37.7. The maximum atomic E-state index is 13.9. The molecule has 2 heterocycles. The lowest BCUT2D eigenvalue weighted by molar-refractivity contribution is -0.385. The minimum absolute atomic E-state index is 0.00618. The third-order valence-corrected chi connectivity index (χ3v) is 15.0. The van der Waals surface area contributed by atoms with Crippen LogP contribution in [0, 0.1) is 66.6 Å². The van der Waals surface area contributed by atoms with Crippen molar-refractivity contribution in [3.8, 4) is 0 Å². The van der Waals surface area contributed by atoms with Crippen molar-refractivity contribution in [2.24, 2.45) is 46.3 Å². The summed E-state index contributed by atoms with van der Waals surface area (Å²) >= 11 is 0. The van der Waals surface area contributed by atoms with E-state index < -0.39 is 33.7 Å². The zero-order valence-corrected chi connectivity index (χ0v) is 31.2. The van der Waals surface area contributed by atoms with Crippen molar-refractivity contribution in [1.82, 2.24) is 0 Å². The first-order valence-corrected chi connectivity index (χ1v) is 19.3.